The summed E-state index contributed by atoms with van der Waals surface area (Å²) in [4.78, 5) is 3.31. The van der Waals surface area contributed by atoms with Gasteiger partial charge in [0.15, 0.2) is 0 Å². The quantitative estimate of drug-likeness (QED) is 0.836. The fraction of sp³-hybridized carbons (Fsp3) is 0.636. The van der Waals surface area contributed by atoms with Crippen LogP contribution in [0.4, 0.5) is 0 Å². The van der Waals surface area contributed by atoms with Crippen LogP contribution in [0.2, 0.25) is 0 Å². The van der Waals surface area contributed by atoms with E-state index in [1.165, 1.54) is 11.3 Å². The van der Waals surface area contributed by atoms with Crippen molar-refractivity contribution in [2.24, 2.45) is 0 Å². The van der Waals surface area contributed by atoms with Gasteiger partial charge in [0.05, 0.1) is 0 Å². The standard InChI is InChI=1S/C11H18N2O2S2/c1-3-12-6-8-13(9-7-12)17(14,15)11-5-4-10(2)16-11/h4-5H,3,6-9H2,1-2H3. The predicted molar refractivity (Wildman–Crippen MR) is 69.9 cm³/mol. The first-order valence-corrected chi connectivity index (χ1v) is 8.08. The van der Waals surface area contributed by atoms with Crippen LogP contribution in [0.3, 0.4) is 0 Å². The van der Waals surface area contributed by atoms with Gasteiger partial charge in [-0.1, -0.05) is 6.92 Å². The predicted octanol–water partition coefficient (Wildman–Crippen LogP) is 1.38. The van der Waals surface area contributed by atoms with E-state index in [0.29, 0.717) is 17.3 Å². The van der Waals surface area contributed by atoms with Crippen molar-refractivity contribution in [3.8, 4) is 0 Å². The number of thiophene rings is 1. The van der Waals surface area contributed by atoms with Crippen LogP contribution >= 0.6 is 11.3 Å². The molecule has 1 fully saturated rings. The molecule has 6 heteroatoms. The van der Waals surface area contributed by atoms with Crippen molar-refractivity contribution in [2.45, 2.75) is 18.1 Å². The third kappa shape index (κ3) is 2.70. The number of likely N-dealkylation sites (N-methyl/N-ethyl adjacent to an activating group) is 1. The molecule has 2 rings (SSSR count). The number of aryl methyl sites for hydroxylation is 1. The molecule has 0 amide bonds. The summed E-state index contributed by atoms with van der Waals surface area (Å²) in [7, 11) is -3.25. The highest BCUT2D eigenvalue weighted by Crippen LogP contribution is 2.24. The van der Waals surface area contributed by atoms with E-state index in [2.05, 4.69) is 11.8 Å². The van der Waals surface area contributed by atoms with Crippen molar-refractivity contribution >= 4 is 21.4 Å². The van der Waals surface area contributed by atoms with Crippen molar-refractivity contribution in [1.82, 2.24) is 9.21 Å². The topological polar surface area (TPSA) is 40.6 Å². The van der Waals surface area contributed by atoms with Gasteiger partial charge in [-0.15, -0.1) is 11.3 Å². The monoisotopic (exact) mass is 274 g/mol. The second-order valence-corrected chi connectivity index (χ2v) is 7.66. The van der Waals surface area contributed by atoms with E-state index in [9.17, 15) is 8.42 Å². The lowest BCUT2D eigenvalue weighted by Gasteiger charge is -2.32. The Balaban J connectivity index is 2.12. The van der Waals surface area contributed by atoms with Crippen molar-refractivity contribution in [3.05, 3.63) is 17.0 Å². The van der Waals surface area contributed by atoms with Gasteiger partial charge in [-0.3, -0.25) is 0 Å². The SMILES string of the molecule is CCN1CCN(S(=O)(=O)c2ccc(C)s2)CC1. The van der Waals surface area contributed by atoms with E-state index >= 15 is 0 Å². The molecule has 0 aliphatic carbocycles. The molecule has 0 radical (unpaired) electrons. The van der Waals surface area contributed by atoms with Gasteiger partial charge >= 0.3 is 0 Å². The Bertz CT molecular complexity index is 473. The van der Waals surface area contributed by atoms with E-state index < -0.39 is 10.0 Å². The zero-order valence-corrected chi connectivity index (χ0v) is 11.9. The summed E-state index contributed by atoms with van der Waals surface area (Å²) in [5.41, 5.74) is 0. The first kappa shape index (κ1) is 13.0. The lowest BCUT2D eigenvalue weighted by atomic mass is 10.4. The number of hydrogen-bond donors (Lipinski definition) is 0. The number of hydrogen-bond acceptors (Lipinski definition) is 4. The average Bonchev–Trinajstić information content (AvgIpc) is 2.77. The Morgan fingerprint density at radius 3 is 2.35 bits per heavy atom. The molecule has 96 valence electrons. The van der Waals surface area contributed by atoms with Gasteiger partial charge < -0.3 is 4.90 Å². The van der Waals surface area contributed by atoms with Crippen molar-refractivity contribution in [1.29, 1.82) is 0 Å². The molecule has 4 nitrogen and oxygen atoms in total. The van der Waals surface area contributed by atoms with Crippen LogP contribution in [-0.4, -0.2) is 50.3 Å². The normalized spacial score (nSPS) is 19.6. The van der Waals surface area contributed by atoms with E-state index in [4.69, 9.17) is 0 Å². The van der Waals surface area contributed by atoms with Gasteiger partial charge in [0.25, 0.3) is 10.0 Å². The van der Waals surface area contributed by atoms with Crippen LogP contribution in [0, 0.1) is 6.92 Å². The summed E-state index contributed by atoms with van der Waals surface area (Å²) in [5.74, 6) is 0. The van der Waals surface area contributed by atoms with E-state index in [-0.39, 0.29) is 0 Å². The average molecular weight is 274 g/mol. The van der Waals surface area contributed by atoms with Crippen molar-refractivity contribution < 1.29 is 8.42 Å². The zero-order valence-electron chi connectivity index (χ0n) is 10.2. The molecule has 1 aliphatic rings. The van der Waals surface area contributed by atoms with Gasteiger partial charge in [-0.2, -0.15) is 4.31 Å². The Labute approximate surface area is 107 Å². The highest BCUT2D eigenvalue weighted by Gasteiger charge is 2.28. The summed E-state index contributed by atoms with van der Waals surface area (Å²) in [6.45, 7) is 7.90. The lowest BCUT2D eigenvalue weighted by Crippen LogP contribution is -2.48. The first-order valence-electron chi connectivity index (χ1n) is 5.83. The number of sulfonamides is 1. The number of nitrogens with zero attached hydrogens (tertiary/aromatic N) is 2. The maximum atomic E-state index is 12.3. The molecule has 17 heavy (non-hydrogen) atoms. The van der Waals surface area contributed by atoms with Gasteiger partial charge in [-0.05, 0) is 25.6 Å². The largest absolute Gasteiger partial charge is 0.301 e. The molecule has 0 saturated carbocycles. The molecule has 1 aromatic heterocycles. The Morgan fingerprint density at radius 1 is 1.24 bits per heavy atom. The second-order valence-electron chi connectivity index (χ2n) is 4.20. The minimum atomic E-state index is -3.25. The highest BCUT2D eigenvalue weighted by molar-refractivity contribution is 7.91. The first-order chi connectivity index (χ1) is 8.04. The van der Waals surface area contributed by atoms with Gasteiger partial charge in [0.2, 0.25) is 0 Å². The molecule has 1 aliphatic heterocycles. The Hall–Kier alpha value is -0.430. The molecule has 0 spiro atoms. The van der Waals surface area contributed by atoms with Crippen molar-refractivity contribution in [2.75, 3.05) is 32.7 Å². The molecule has 0 aromatic carbocycles. The van der Waals surface area contributed by atoms with E-state index in [1.54, 1.807) is 10.4 Å². The lowest BCUT2D eigenvalue weighted by molar-refractivity contribution is 0.196. The van der Waals surface area contributed by atoms with Gasteiger partial charge in [0, 0.05) is 31.1 Å². The molecule has 0 unspecified atom stereocenters. The molecule has 1 aromatic rings. The number of piperazine rings is 1. The molecular weight excluding hydrogens is 256 g/mol. The van der Waals surface area contributed by atoms with Crippen LogP contribution in [0.25, 0.3) is 0 Å². The summed E-state index contributed by atoms with van der Waals surface area (Å²) in [6.07, 6.45) is 0. The minimum absolute atomic E-state index is 0.472. The minimum Gasteiger partial charge on any atom is -0.301 e. The third-order valence-corrected chi connectivity index (χ3v) is 6.46. The molecule has 0 atom stereocenters. The Morgan fingerprint density at radius 2 is 1.88 bits per heavy atom. The molecule has 0 bridgehead atoms. The maximum absolute atomic E-state index is 12.3. The summed E-state index contributed by atoms with van der Waals surface area (Å²) in [6, 6.07) is 3.57. The van der Waals surface area contributed by atoms with Crippen molar-refractivity contribution in [3.63, 3.8) is 0 Å². The summed E-state index contributed by atoms with van der Waals surface area (Å²) >= 11 is 1.35. The highest BCUT2D eigenvalue weighted by atomic mass is 32.2. The van der Waals surface area contributed by atoms with Crippen LogP contribution in [-0.2, 0) is 10.0 Å². The van der Waals surface area contributed by atoms with Crippen LogP contribution < -0.4 is 0 Å². The Kier molecular flexibility index (Phi) is 3.87. The van der Waals surface area contributed by atoms with Gasteiger partial charge in [-0.25, -0.2) is 8.42 Å². The zero-order chi connectivity index (χ0) is 12.5. The maximum Gasteiger partial charge on any atom is 0.252 e. The van der Waals surface area contributed by atoms with Crippen LogP contribution in [0.15, 0.2) is 16.3 Å². The number of rotatable bonds is 3. The summed E-state index contributed by atoms with van der Waals surface area (Å²) < 4.78 is 26.7. The van der Waals surface area contributed by atoms with Gasteiger partial charge in [0.1, 0.15) is 4.21 Å². The summed E-state index contributed by atoms with van der Waals surface area (Å²) in [5, 5.41) is 0. The molecule has 0 N–H and O–H groups in total. The van der Waals surface area contributed by atoms with Crippen LogP contribution in [0.5, 0.6) is 0 Å². The second kappa shape index (κ2) is 5.06. The molecule has 2 heterocycles. The smallest absolute Gasteiger partial charge is 0.252 e. The fourth-order valence-corrected chi connectivity index (χ4v) is 4.82. The fourth-order valence-electron chi connectivity index (χ4n) is 1.96. The van der Waals surface area contributed by atoms with E-state index in [0.717, 1.165) is 24.5 Å². The molecular formula is C11H18N2O2S2. The van der Waals surface area contributed by atoms with E-state index in [1.807, 2.05) is 13.0 Å². The third-order valence-electron chi connectivity index (χ3n) is 3.09. The molecule has 1 saturated heterocycles. The van der Waals surface area contributed by atoms with Crippen LogP contribution in [0.1, 0.15) is 11.8 Å².